The molecule has 3 rings (SSSR count). The molecular weight excluding hydrogens is 360 g/mol. The second kappa shape index (κ2) is 10.9. The van der Waals surface area contributed by atoms with Crippen LogP contribution < -0.4 is 4.74 Å². The van der Waals surface area contributed by atoms with Gasteiger partial charge in [0.25, 0.3) is 0 Å². The van der Waals surface area contributed by atoms with E-state index in [1.165, 1.54) is 16.7 Å². The van der Waals surface area contributed by atoms with Crippen molar-refractivity contribution in [1.29, 1.82) is 0 Å². The van der Waals surface area contributed by atoms with Crippen LogP contribution in [0, 0.1) is 0 Å². The van der Waals surface area contributed by atoms with Crippen LogP contribution in [0.2, 0.25) is 0 Å². The molecule has 3 aromatic carbocycles. The molecule has 0 aromatic heterocycles. The summed E-state index contributed by atoms with van der Waals surface area (Å²) in [6, 6.07) is 25.8. The largest absolute Gasteiger partial charge is 0.508 e. The zero-order valence-corrected chi connectivity index (χ0v) is 16.5. The number of aldehydes is 1. The first-order valence-corrected chi connectivity index (χ1v) is 9.95. The fourth-order valence-corrected chi connectivity index (χ4v) is 3.11. The number of allylic oxidation sites excluding steroid dienone is 1. The lowest BCUT2D eigenvalue weighted by atomic mass is 9.96. The summed E-state index contributed by atoms with van der Waals surface area (Å²) < 4.78 is 5.67. The lowest BCUT2D eigenvalue weighted by molar-refractivity contribution is -0.108. The second-order valence-corrected chi connectivity index (χ2v) is 6.93. The Hall–Kier alpha value is -3.33. The van der Waals surface area contributed by atoms with Crippen molar-refractivity contribution in [3.05, 3.63) is 95.6 Å². The topological polar surface area (TPSA) is 46.5 Å². The molecule has 3 heteroatoms. The average molecular weight is 386 g/mol. The van der Waals surface area contributed by atoms with E-state index in [1.807, 2.05) is 30.3 Å². The van der Waals surface area contributed by atoms with E-state index in [2.05, 4.69) is 42.5 Å². The average Bonchev–Trinajstić information content (AvgIpc) is 2.77. The fourth-order valence-electron chi connectivity index (χ4n) is 3.11. The Morgan fingerprint density at radius 1 is 0.897 bits per heavy atom. The van der Waals surface area contributed by atoms with Crippen LogP contribution in [0.15, 0.2) is 78.9 Å². The van der Waals surface area contributed by atoms with Gasteiger partial charge in [0.2, 0.25) is 0 Å². The van der Waals surface area contributed by atoms with Crippen molar-refractivity contribution in [2.45, 2.75) is 25.7 Å². The van der Waals surface area contributed by atoms with E-state index >= 15 is 0 Å². The van der Waals surface area contributed by atoms with Crippen LogP contribution in [0.1, 0.15) is 36.0 Å². The molecule has 0 heterocycles. The minimum Gasteiger partial charge on any atom is -0.508 e. The summed E-state index contributed by atoms with van der Waals surface area (Å²) in [5.74, 6) is 1.11. The fraction of sp³-hybridized carbons (Fsp3) is 0.192. The SMILES string of the molecule is O=CCCCOc1ccc(C=C(CCc2ccc(O)cc2)c2ccccc2)cc1. The van der Waals surface area contributed by atoms with E-state index in [0.717, 1.165) is 36.9 Å². The highest BCUT2D eigenvalue weighted by Crippen LogP contribution is 2.25. The van der Waals surface area contributed by atoms with Gasteiger partial charge < -0.3 is 14.6 Å². The maximum atomic E-state index is 10.4. The third kappa shape index (κ3) is 6.65. The van der Waals surface area contributed by atoms with Gasteiger partial charge in [0, 0.05) is 6.42 Å². The number of phenols is 1. The van der Waals surface area contributed by atoms with Gasteiger partial charge in [-0.3, -0.25) is 0 Å². The Bertz CT molecular complexity index is 910. The zero-order chi connectivity index (χ0) is 20.3. The molecular formula is C26H26O3. The molecule has 3 nitrogen and oxygen atoms in total. The highest BCUT2D eigenvalue weighted by atomic mass is 16.5. The molecule has 0 saturated carbocycles. The van der Waals surface area contributed by atoms with Gasteiger partial charge in [-0.2, -0.15) is 0 Å². The Kier molecular flexibility index (Phi) is 7.64. The minimum atomic E-state index is 0.293. The van der Waals surface area contributed by atoms with Crippen LogP contribution in [-0.2, 0) is 11.2 Å². The van der Waals surface area contributed by atoms with Gasteiger partial charge in [-0.05, 0) is 65.8 Å². The Balaban J connectivity index is 1.72. The first-order chi connectivity index (χ1) is 14.2. The van der Waals surface area contributed by atoms with Crippen molar-refractivity contribution in [3.63, 3.8) is 0 Å². The van der Waals surface area contributed by atoms with Gasteiger partial charge in [-0.1, -0.05) is 60.7 Å². The number of rotatable bonds is 10. The smallest absolute Gasteiger partial charge is 0.120 e. The predicted octanol–water partition coefficient (Wildman–Crippen LogP) is 5.92. The molecule has 0 amide bonds. The molecule has 0 unspecified atom stereocenters. The first kappa shape index (κ1) is 20.4. The number of ether oxygens (including phenoxy) is 1. The van der Waals surface area contributed by atoms with Crippen LogP contribution in [-0.4, -0.2) is 18.0 Å². The summed E-state index contributed by atoms with van der Waals surface area (Å²) >= 11 is 0. The van der Waals surface area contributed by atoms with Crippen LogP contribution in [0.5, 0.6) is 11.5 Å². The minimum absolute atomic E-state index is 0.293. The number of hydrogen-bond donors (Lipinski definition) is 1. The number of aromatic hydroxyl groups is 1. The normalized spacial score (nSPS) is 11.2. The van der Waals surface area contributed by atoms with Crippen LogP contribution in [0.3, 0.4) is 0 Å². The van der Waals surface area contributed by atoms with Crippen LogP contribution in [0.25, 0.3) is 11.6 Å². The molecule has 0 bridgehead atoms. The second-order valence-electron chi connectivity index (χ2n) is 6.93. The van der Waals surface area contributed by atoms with Crippen molar-refractivity contribution < 1.29 is 14.6 Å². The van der Waals surface area contributed by atoms with E-state index in [4.69, 9.17) is 4.74 Å². The van der Waals surface area contributed by atoms with Gasteiger partial charge in [0.1, 0.15) is 17.8 Å². The van der Waals surface area contributed by atoms with Crippen LogP contribution >= 0.6 is 0 Å². The maximum absolute atomic E-state index is 10.4. The number of phenolic OH excluding ortho intramolecular Hbond substituents is 1. The Morgan fingerprint density at radius 2 is 1.62 bits per heavy atom. The van der Waals surface area contributed by atoms with E-state index < -0.39 is 0 Å². The summed E-state index contributed by atoms with van der Waals surface area (Å²) in [5.41, 5.74) is 4.79. The maximum Gasteiger partial charge on any atom is 0.120 e. The summed E-state index contributed by atoms with van der Waals surface area (Å²) in [6.07, 6.45) is 6.20. The highest BCUT2D eigenvalue weighted by molar-refractivity contribution is 5.81. The molecule has 3 aromatic rings. The zero-order valence-electron chi connectivity index (χ0n) is 16.5. The quantitative estimate of drug-likeness (QED) is 0.267. The van der Waals surface area contributed by atoms with Gasteiger partial charge in [-0.25, -0.2) is 0 Å². The number of benzene rings is 3. The summed E-state index contributed by atoms with van der Waals surface area (Å²) in [7, 11) is 0. The molecule has 0 atom stereocenters. The van der Waals surface area contributed by atoms with E-state index in [0.29, 0.717) is 18.8 Å². The van der Waals surface area contributed by atoms with Crippen molar-refractivity contribution in [2.24, 2.45) is 0 Å². The van der Waals surface area contributed by atoms with Gasteiger partial charge >= 0.3 is 0 Å². The summed E-state index contributed by atoms with van der Waals surface area (Å²) in [5, 5.41) is 9.47. The molecule has 0 aliphatic carbocycles. The van der Waals surface area contributed by atoms with Crippen LogP contribution in [0.4, 0.5) is 0 Å². The summed E-state index contributed by atoms with van der Waals surface area (Å²) in [6.45, 7) is 0.551. The van der Waals surface area contributed by atoms with Crippen molar-refractivity contribution in [1.82, 2.24) is 0 Å². The third-order valence-corrected chi connectivity index (χ3v) is 4.72. The van der Waals surface area contributed by atoms with Crippen molar-refractivity contribution >= 4 is 17.9 Å². The number of carbonyl (C=O) groups excluding carboxylic acids is 1. The van der Waals surface area contributed by atoms with Crippen molar-refractivity contribution in [3.8, 4) is 11.5 Å². The third-order valence-electron chi connectivity index (χ3n) is 4.72. The molecule has 0 fully saturated rings. The molecule has 148 valence electrons. The van der Waals surface area contributed by atoms with E-state index in [9.17, 15) is 9.90 Å². The lowest BCUT2D eigenvalue weighted by Crippen LogP contribution is -1.97. The van der Waals surface area contributed by atoms with E-state index in [-0.39, 0.29) is 0 Å². The predicted molar refractivity (Wildman–Crippen MR) is 118 cm³/mol. The number of hydrogen-bond acceptors (Lipinski definition) is 3. The number of unbranched alkanes of at least 4 members (excludes halogenated alkanes) is 1. The molecule has 29 heavy (non-hydrogen) atoms. The summed E-state index contributed by atoms with van der Waals surface area (Å²) in [4.78, 5) is 10.4. The van der Waals surface area contributed by atoms with Crippen molar-refractivity contribution in [2.75, 3.05) is 6.61 Å². The Morgan fingerprint density at radius 3 is 2.31 bits per heavy atom. The van der Waals surface area contributed by atoms with Gasteiger partial charge in [0.15, 0.2) is 0 Å². The molecule has 1 N–H and O–H groups in total. The number of carbonyl (C=O) groups is 1. The van der Waals surface area contributed by atoms with E-state index in [1.54, 1.807) is 12.1 Å². The molecule has 0 aliphatic heterocycles. The molecule has 0 saturated heterocycles. The first-order valence-electron chi connectivity index (χ1n) is 9.95. The molecule has 0 aliphatic rings. The number of aryl methyl sites for hydroxylation is 1. The molecule has 0 radical (unpaired) electrons. The standard InChI is InChI=1S/C26H26O3/c27-18-4-5-19-29-26-16-11-22(12-17-26)20-24(23-6-2-1-3-7-23)13-8-21-9-14-25(28)15-10-21/h1-3,6-7,9-12,14-18,20,28H,4-5,8,13,19H2. The molecule has 0 spiro atoms. The van der Waals surface area contributed by atoms with Gasteiger partial charge in [-0.15, -0.1) is 0 Å². The van der Waals surface area contributed by atoms with Gasteiger partial charge in [0.05, 0.1) is 6.61 Å². The highest BCUT2D eigenvalue weighted by Gasteiger charge is 2.04. The Labute approximate surface area is 172 Å². The monoisotopic (exact) mass is 386 g/mol. The lowest BCUT2D eigenvalue weighted by Gasteiger charge is -2.10.